The second-order valence-electron chi connectivity index (χ2n) is 7.11. The van der Waals surface area contributed by atoms with Crippen molar-refractivity contribution >= 4 is 5.91 Å². The van der Waals surface area contributed by atoms with Crippen LogP contribution in [-0.4, -0.2) is 42.5 Å². The fourth-order valence-electron chi connectivity index (χ4n) is 3.76. The lowest BCUT2D eigenvalue weighted by molar-refractivity contribution is -0.133. The molecule has 150 valence electrons. The molecule has 1 fully saturated rings. The SMILES string of the molecule is COc1ccccc1C1CNCCN1C(=O)Cc1nc(-c2ccccc2)oc1C. The van der Waals surface area contributed by atoms with E-state index in [1.165, 1.54) is 0 Å². The van der Waals surface area contributed by atoms with E-state index in [1.54, 1.807) is 7.11 Å². The van der Waals surface area contributed by atoms with Gasteiger partial charge in [-0.05, 0) is 25.1 Å². The van der Waals surface area contributed by atoms with Crippen molar-refractivity contribution in [2.75, 3.05) is 26.7 Å². The van der Waals surface area contributed by atoms with Crippen molar-refractivity contribution in [1.29, 1.82) is 0 Å². The number of methoxy groups -OCH3 is 1. The van der Waals surface area contributed by atoms with E-state index in [0.29, 0.717) is 30.4 Å². The van der Waals surface area contributed by atoms with Crippen molar-refractivity contribution in [3.05, 3.63) is 71.6 Å². The minimum atomic E-state index is -0.0757. The number of oxazole rings is 1. The summed E-state index contributed by atoms with van der Waals surface area (Å²) in [6, 6.07) is 17.5. The van der Waals surface area contributed by atoms with Crippen LogP contribution in [0.25, 0.3) is 11.5 Å². The molecule has 1 unspecified atom stereocenters. The summed E-state index contributed by atoms with van der Waals surface area (Å²) in [7, 11) is 1.66. The minimum Gasteiger partial charge on any atom is -0.496 e. The van der Waals surface area contributed by atoms with E-state index in [1.807, 2.05) is 66.4 Å². The van der Waals surface area contributed by atoms with Gasteiger partial charge in [-0.25, -0.2) is 4.98 Å². The maximum absolute atomic E-state index is 13.2. The molecule has 0 radical (unpaired) electrons. The largest absolute Gasteiger partial charge is 0.496 e. The second kappa shape index (κ2) is 8.49. The first-order valence-electron chi connectivity index (χ1n) is 9.82. The number of hydrogen-bond acceptors (Lipinski definition) is 5. The maximum Gasteiger partial charge on any atom is 0.229 e. The average molecular weight is 391 g/mol. The Morgan fingerprint density at radius 2 is 1.97 bits per heavy atom. The molecule has 4 rings (SSSR count). The lowest BCUT2D eigenvalue weighted by Crippen LogP contribution is -2.49. The van der Waals surface area contributed by atoms with E-state index in [4.69, 9.17) is 9.15 Å². The number of para-hydroxylation sites is 1. The topological polar surface area (TPSA) is 67.6 Å². The monoisotopic (exact) mass is 391 g/mol. The van der Waals surface area contributed by atoms with Gasteiger partial charge in [0.1, 0.15) is 11.5 Å². The Bertz CT molecular complexity index is 984. The third-order valence-electron chi connectivity index (χ3n) is 5.29. The van der Waals surface area contributed by atoms with Gasteiger partial charge in [0.2, 0.25) is 11.8 Å². The molecule has 1 atom stereocenters. The molecule has 1 aliphatic heterocycles. The molecule has 3 aromatic rings. The molecule has 0 bridgehead atoms. The molecule has 2 aromatic carbocycles. The lowest BCUT2D eigenvalue weighted by Gasteiger charge is -2.37. The van der Waals surface area contributed by atoms with Crippen molar-refractivity contribution in [2.24, 2.45) is 0 Å². The molecule has 2 heterocycles. The first-order valence-corrected chi connectivity index (χ1v) is 9.82. The fraction of sp³-hybridized carbons (Fsp3) is 0.304. The summed E-state index contributed by atoms with van der Waals surface area (Å²) >= 11 is 0. The van der Waals surface area contributed by atoms with E-state index < -0.39 is 0 Å². The summed E-state index contributed by atoms with van der Waals surface area (Å²) < 4.78 is 11.3. The molecule has 0 aliphatic carbocycles. The normalized spacial score (nSPS) is 16.6. The Morgan fingerprint density at radius 3 is 2.76 bits per heavy atom. The summed E-state index contributed by atoms with van der Waals surface area (Å²) in [6.07, 6.45) is 0.216. The van der Waals surface area contributed by atoms with Crippen LogP contribution in [0.3, 0.4) is 0 Å². The van der Waals surface area contributed by atoms with Crippen LogP contribution in [0.1, 0.15) is 23.1 Å². The summed E-state index contributed by atoms with van der Waals surface area (Å²) in [4.78, 5) is 19.7. The number of carbonyl (C=O) groups is 1. The van der Waals surface area contributed by atoms with Gasteiger partial charge in [-0.3, -0.25) is 4.79 Å². The highest BCUT2D eigenvalue weighted by Gasteiger charge is 2.30. The lowest BCUT2D eigenvalue weighted by atomic mass is 10.0. The quantitative estimate of drug-likeness (QED) is 0.722. The van der Waals surface area contributed by atoms with Crippen molar-refractivity contribution in [2.45, 2.75) is 19.4 Å². The average Bonchev–Trinajstić information content (AvgIpc) is 3.14. The number of hydrogen-bond donors (Lipinski definition) is 1. The third kappa shape index (κ3) is 4.03. The van der Waals surface area contributed by atoms with Crippen LogP contribution in [0.2, 0.25) is 0 Å². The van der Waals surface area contributed by atoms with Gasteiger partial charge in [0, 0.05) is 30.8 Å². The number of rotatable bonds is 5. The molecule has 1 saturated heterocycles. The third-order valence-corrected chi connectivity index (χ3v) is 5.29. The summed E-state index contributed by atoms with van der Waals surface area (Å²) in [6.45, 7) is 3.96. The van der Waals surface area contributed by atoms with Crippen molar-refractivity contribution < 1.29 is 13.9 Å². The highest BCUT2D eigenvalue weighted by Crippen LogP contribution is 2.31. The van der Waals surface area contributed by atoms with Crippen LogP contribution in [0.5, 0.6) is 5.75 Å². The predicted octanol–water partition coefficient (Wildman–Crippen LogP) is 3.37. The smallest absolute Gasteiger partial charge is 0.229 e. The van der Waals surface area contributed by atoms with Gasteiger partial charge in [-0.2, -0.15) is 0 Å². The number of benzene rings is 2. The Kier molecular flexibility index (Phi) is 5.62. The van der Waals surface area contributed by atoms with Gasteiger partial charge in [-0.15, -0.1) is 0 Å². The standard InChI is InChI=1S/C23H25N3O3/c1-16-19(25-23(29-16)17-8-4-3-5-9-17)14-22(27)26-13-12-24-15-20(26)18-10-6-7-11-21(18)28-2/h3-11,20,24H,12-15H2,1-2H3. The van der Waals surface area contributed by atoms with Gasteiger partial charge in [0.25, 0.3) is 0 Å². The van der Waals surface area contributed by atoms with Crippen molar-refractivity contribution in [1.82, 2.24) is 15.2 Å². The highest BCUT2D eigenvalue weighted by atomic mass is 16.5. The zero-order valence-electron chi connectivity index (χ0n) is 16.7. The van der Waals surface area contributed by atoms with Gasteiger partial charge in [-0.1, -0.05) is 36.4 Å². The fourth-order valence-corrected chi connectivity index (χ4v) is 3.76. The Balaban J connectivity index is 1.56. The Morgan fingerprint density at radius 1 is 1.21 bits per heavy atom. The van der Waals surface area contributed by atoms with E-state index >= 15 is 0 Å². The second-order valence-corrected chi connectivity index (χ2v) is 7.11. The number of nitrogens with zero attached hydrogens (tertiary/aromatic N) is 2. The summed E-state index contributed by atoms with van der Waals surface area (Å²) in [5.74, 6) is 2.06. The first-order chi connectivity index (χ1) is 14.2. The van der Waals surface area contributed by atoms with Gasteiger partial charge in [0.05, 0.1) is 25.3 Å². The molecule has 6 nitrogen and oxygen atoms in total. The highest BCUT2D eigenvalue weighted by molar-refractivity contribution is 5.79. The minimum absolute atomic E-state index is 0.0402. The van der Waals surface area contributed by atoms with Crippen LogP contribution in [-0.2, 0) is 11.2 Å². The van der Waals surface area contributed by atoms with E-state index in [-0.39, 0.29) is 18.4 Å². The van der Waals surface area contributed by atoms with E-state index in [0.717, 1.165) is 23.4 Å². The summed E-state index contributed by atoms with van der Waals surface area (Å²) in [5, 5.41) is 3.39. The molecule has 1 amide bonds. The Labute approximate surface area is 170 Å². The molecule has 1 aliphatic rings. The predicted molar refractivity (Wildman–Crippen MR) is 111 cm³/mol. The van der Waals surface area contributed by atoms with Crippen molar-refractivity contribution in [3.8, 4) is 17.2 Å². The van der Waals surface area contributed by atoms with Crippen molar-refractivity contribution in [3.63, 3.8) is 0 Å². The Hall–Kier alpha value is -3.12. The molecular weight excluding hydrogens is 366 g/mol. The number of ether oxygens (including phenoxy) is 1. The number of piperazine rings is 1. The van der Waals surface area contributed by atoms with Crippen LogP contribution in [0.4, 0.5) is 0 Å². The molecule has 29 heavy (non-hydrogen) atoms. The van der Waals surface area contributed by atoms with Gasteiger partial charge in [0.15, 0.2) is 0 Å². The van der Waals surface area contributed by atoms with E-state index in [2.05, 4.69) is 10.3 Å². The molecule has 1 aromatic heterocycles. The van der Waals surface area contributed by atoms with Gasteiger partial charge < -0.3 is 19.4 Å². The van der Waals surface area contributed by atoms with E-state index in [9.17, 15) is 4.79 Å². The van der Waals surface area contributed by atoms with Crippen LogP contribution in [0, 0.1) is 6.92 Å². The first kappa shape index (κ1) is 19.2. The molecule has 1 N–H and O–H groups in total. The maximum atomic E-state index is 13.2. The molecule has 0 saturated carbocycles. The number of aryl methyl sites for hydroxylation is 1. The number of carbonyl (C=O) groups excluding carboxylic acids is 1. The number of nitrogens with one attached hydrogen (secondary N) is 1. The van der Waals surface area contributed by atoms with Crippen LogP contribution < -0.4 is 10.1 Å². The molecular formula is C23H25N3O3. The molecule has 6 heteroatoms. The number of aromatic nitrogens is 1. The van der Waals surface area contributed by atoms with Gasteiger partial charge >= 0.3 is 0 Å². The van der Waals surface area contributed by atoms with Crippen LogP contribution >= 0.6 is 0 Å². The van der Waals surface area contributed by atoms with Crippen LogP contribution in [0.15, 0.2) is 59.0 Å². The number of amides is 1. The zero-order valence-corrected chi connectivity index (χ0v) is 16.7. The zero-order chi connectivity index (χ0) is 20.2. The molecule has 0 spiro atoms. The summed E-state index contributed by atoms with van der Waals surface area (Å²) in [5.41, 5.74) is 2.60.